The first-order valence-corrected chi connectivity index (χ1v) is 7.10. The summed E-state index contributed by atoms with van der Waals surface area (Å²) in [6.45, 7) is 5.28. The van der Waals surface area contributed by atoms with Crippen LogP contribution in [0.15, 0.2) is 28.8 Å². The average molecular weight is 318 g/mol. The first kappa shape index (κ1) is 16.5. The van der Waals surface area contributed by atoms with Crippen molar-refractivity contribution in [3.8, 4) is 5.75 Å². The van der Waals surface area contributed by atoms with E-state index in [4.69, 9.17) is 14.4 Å². The molecule has 0 unspecified atom stereocenters. The number of rotatable bonds is 6. The fraction of sp³-hybridized carbons (Fsp3) is 0.312. The molecule has 1 aromatic carbocycles. The highest BCUT2D eigenvalue weighted by atomic mass is 16.5. The summed E-state index contributed by atoms with van der Waals surface area (Å²) in [5, 5.41) is 15.2. The van der Waals surface area contributed by atoms with E-state index in [1.165, 1.54) is 0 Å². The van der Waals surface area contributed by atoms with Crippen LogP contribution in [0.1, 0.15) is 41.6 Å². The molecule has 0 fully saturated rings. The highest BCUT2D eigenvalue weighted by Crippen LogP contribution is 2.22. The highest BCUT2D eigenvalue weighted by Gasteiger charge is 2.15. The summed E-state index contributed by atoms with van der Waals surface area (Å²) in [5.74, 6) is -0.713. The quantitative estimate of drug-likeness (QED) is 0.849. The van der Waals surface area contributed by atoms with Crippen LogP contribution in [0.5, 0.6) is 5.75 Å². The zero-order valence-corrected chi connectivity index (χ0v) is 13.1. The van der Waals surface area contributed by atoms with Gasteiger partial charge in [-0.15, -0.1) is 0 Å². The van der Waals surface area contributed by atoms with Gasteiger partial charge < -0.3 is 19.7 Å². The molecule has 1 aromatic heterocycles. The van der Waals surface area contributed by atoms with Crippen LogP contribution in [-0.4, -0.2) is 28.7 Å². The molecule has 0 aliphatic rings. The van der Waals surface area contributed by atoms with Crippen LogP contribution in [0.25, 0.3) is 0 Å². The fourth-order valence-electron chi connectivity index (χ4n) is 1.86. The number of carbonyl (C=O) groups excluding carboxylic acids is 1. The molecule has 0 saturated carbocycles. The lowest BCUT2D eigenvalue weighted by molar-refractivity contribution is -0.139. The van der Waals surface area contributed by atoms with Crippen LogP contribution in [-0.2, 0) is 4.79 Å². The van der Waals surface area contributed by atoms with Gasteiger partial charge in [-0.25, -0.2) is 4.79 Å². The number of nitrogens with zero attached hydrogens (tertiary/aromatic N) is 1. The molecule has 0 aliphatic carbocycles. The first-order chi connectivity index (χ1) is 10.9. The molecule has 0 saturated heterocycles. The predicted octanol–water partition coefficient (Wildman–Crippen LogP) is 2.82. The Morgan fingerprint density at radius 2 is 2.09 bits per heavy atom. The van der Waals surface area contributed by atoms with Crippen molar-refractivity contribution in [2.24, 2.45) is 0 Å². The number of benzene rings is 1. The monoisotopic (exact) mass is 318 g/mol. The number of carboxylic acids is 1. The van der Waals surface area contributed by atoms with E-state index in [0.717, 1.165) is 5.56 Å². The standard InChI is InChI=1S/C16H18N2O5/c1-9(2)13-7-14(23-18-13)16(21)17-12-5-4-11(6-10(12)3)22-8-15(19)20/h4-7,9H,8H2,1-3H3,(H,17,21)(H,19,20). The Bertz CT molecular complexity index is 721. The van der Waals surface area contributed by atoms with Gasteiger partial charge in [0.15, 0.2) is 6.61 Å². The minimum Gasteiger partial charge on any atom is -0.482 e. The van der Waals surface area contributed by atoms with E-state index in [1.807, 2.05) is 13.8 Å². The maximum atomic E-state index is 12.1. The lowest BCUT2D eigenvalue weighted by Crippen LogP contribution is -2.12. The van der Waals surface area contributed by atoms with Crippen molar-refractivity contribution in [1.82, 2.24) is 5.16 Å². The molecule has 0 bridgehead atoms. The van der Waals surface area contributed by atoms with Crippen LogP contribution in [0, 0.1) is 6.92 Å². The van der Waals surface area contributed by atoms with Gasteiger partial charge in [0.1, 0.15) is 5.75 Å². The molecule has 7 heteroatoms. The summed E-state index contributed by atoms with van der Waals surface area (Å²) >= 11 is 0. The molecule has 2 aromatic rings. The second-order valence-electron chi connectivity index (χ2n) is 5.38. The number of ether oxygens (including phenoxy) is 1. The molecule has 0 radical (unpaired) electrons. The number of aryl methyl sites for hydroxylation is 1. The maximum Gasteiger partial charge on any atom is 0.341 e. The van der Waals surface area contributed by atoms with Crippen LogP contribution >= 0.6 is 0 Å². The van der Waals surface area contributed by atoms with Crippen molar-refractivity contribution in [3.63, 3.8) is 0 Å². The number of aromatic nitrogens is 1. The largest absolute Gasteiger partial charge is 0.482 e. The predicted molar refractivity (Wildman–Crippen MR) is 82.9 cm³/mol. The third kappa shape index (κ3) is 4.32. The molecule has 0 atom stereocenters. The van der Waals surface area contributed by atoms with E-state index in [2.05, 4.69) is 10.5 Å². The van der Waals surface area contributed by atoms with Gasteiger partial charge in [0, 0.05) is 11.8 Å². The molecule has 23 heavy (non-hydrogen) atoms. The summed E-state index contributed by atoms with van der Waals surface area (Å²) in [6, 6.07) is 6.49. The molecule has 2 rings (SSSR count). The number of aliphatic carboxylic acids is 1. The third-order valence-electron chi connectivity index (χ3n) is 3.15. The Morgan fingerprint density at radius 3 is 2.65 bits per heavy atom. The van der Waals surface area contributed by atoms with Gasteiger partial charge in [-0.1, -0.05) is 19.0 Å². The third-order valence-corrected chi connectivity index (χ3v) is 3.15. The second kappa shape index (κ2) is 6.95. The topological polar surface area (TPSA) is 102 Å². The van der Waals surface area contributed by atoms with Crippen LogP contribution in [0.3, 0.4) is 0 Å². The van der Waals surface area contributed by atoms with E-state index in [0.29, 0.717) is 17.1 Å². The zero-order valence-electron chi connectivity index (χ0n) is 13.1. The lowest BCUT2D eigenvalue weighted by Gasteiger charge is -2.09. The number of amides is 1. The Kier molecular flexibility index (Phi) is 5.00. The van der Waals surface area contributed by atoms with Gasteiger partial charge in [0.05, 0.1) is 5.69 Å². The van der Waals surface area contributed by atoms with E-state index in [1.54, 1.807) is 31.2 Å². The van der Waals surface area contributed by atoms with Crippen LogP contribution in [0.4, 0.5) is 5.69 Å². The Labute approximate surface area is 133 Å². The minimum absolute atomic E-state index is 0.138. The molecule has 1 heterocycles. The zero-order chi connectivity index (χ0) is 17.0. The van der Waals surface area contributed by atoms with Gasteiger partial charge in [0.2, 0.25) is 5.76 Å². The van der Waals surface area contributed by atoms with E-state index < -0.39 is 18.5 Å². The summed E-state index contributed by atoms with van der Waals surface area (Å²) in [4.78, 5) is 22.6. The fourth-order valence-corrected chi connectivity index (χ4v) is 1.86. The molecule has 0 aliphatic heterocycles. The van der Waals surface area contributed by atoms with E-state index in [-0.39, 0.29) is 11.7 Å². The average Bonchev–Trinajstić information content (AvgIpc) is 2.97. The van der Waals surface area contributed by atoms with Gasteiger partial charge in [-0.05, 0) is 36.6 Å². The van der Waals surface area contributed by atoms with Crippen molar-refractivity contribution in [2.45, 2.75) is 26.7 Å². The molecule has 1 amide bonds. The number of hydrogen-bond acceptors (Lipinski definition) is 5. The summed E-state index contributed by atoms with van der Waals surface area (Å²) in [6.07, 6.45) is 0. The number of hydrogen-bond donors (Lipinski definition) is 2. The van der Waals surface area contributed by atoms with Crippen molar-refractivity contribution in [1.29, 1.82) is 0 Å². The number of carboxylic acid groups (broad SMARTS) is 1. The van der Waals surface area contributed by atoms with Crippen molar-refractivity contribution in [2.75, 3.05) is 11.9 Å². The SMILES string of the molecule is Cc1cc(OCC(=O)O)ccc1NC(=O)c1cc(C(C)C)no1. The molecular weight excluding hydrogens is 300 g/mol. The van der Waals surface area contributed by atoms with Crippen LogP contribution in [0.2, 0.25) is 0 Å². The number of anilines is 1. The number of carbonyl (C=O) groups is 2. The van der Waals surface area contributed by atoms with Gasteiger partial charge in [-0.3, -0.25) is 4.79 Å². The van der Waals surface area contributed by atoms with Crippen molar-refractivity contribution >= 4 is 17.6 Å². The first-order valence-electron chi connectivity index (χ1n) is 7.10. The summed E-state index contributed by atoms with van der Waals surface area (Å²) in [7, 11) is 0. The van der Waals surface area contributed by atoms with Crippen molar-refractivity contribution in [3.05, 3.63) is 41.3 Å². The normalized spacial score (nSPS) is 10.6. The minimum atomic E-state index is -1.05. The van der Waals surface area contributed by atoms with Crippen LogP contribution < -0.4 is 10.1 Å². The Morgan fingerprint density at radius 1 is 1.35 bits per heavy atom. The van der Waals surface area contributed by atoms with Crippen molar-refractivity contribution < 1.29 is 24.0 Å². The number of nitrogens with one attached hydrogen (secondary N) is 1. The molecule has 2 N–H and O–H groups in total. The van der Waals surface area contributed by atoms with E-state index in [9.17, 15) is 9.59 Å². The Balaban J connectivity index is 2.06. The van der Waals surface area contributed by atoms with Gasteiger partial charge in [-0.2, -0.15) is 0 Å². The Hall–Kier alpha value is -2.83. The summed E-state index contributed by atoms with van der Waals surface area (Å²) < 4.78 is 10.1. The molecule has 122 valence electrons. The molecule has 7 nitrogen and oxygen atoms in total. The molecular formula is C16H18N2O5. The lowest BCUT2D eigenvalue weighted by atomic mass is 10.1. The summed E-state index contributed by atoms with van der Waals surface area (Å²) in [5.41, 5.74) is 2.04. The maximum absolute atomic E-state index is 12.1. The smallest absolute Gasteiger partial charge is 0.341 e. The second-order valence-corrected chi connectivity index (χ2v) is 5.38. The van der Waals surface area contributed by atoms with E-state index >= 15 is 0 Å². The highest BCUT2D eigenvalue weighted by molar-refractivity contribution is 6.02. The molecule has 0 spiro atoms. The van der Waals surface area contributed by atoms with Gasteiger partial charge in [0.25, 0.3) is 5.91 Å². The van der Waals surface area contributed by atoms with Gasteiger partial charge >= 0.3 is 5.97 Å².